The van der Waals surface area contributed by atoms with Gasteiger partial charge in [-0.3, -0.25) is 4.90 Å². The lowest BCUT2D eigenvalue weighted by atomic mass is 10.00. The monoisotopic (exact) mass is 384 g/mol. The number of rotatable bonds is 10. The van der Waals surface area contributed by atoms with Crippen molar-refractivity contribution >= 4 is 0 Å². The summed E-state index contributed by atoms with van der Waals surface area (Å²) in [5.74, 6) is 0.788. The number of fused-ring (bicyclic) bond motifs is 1. The summed E-state index contributed by atoms with van der Waals surface area (Å²) in [6.45, 7) is 4.67. The highest BCUT2D eigenvalue weighted by Crippen LogP contribution is 2.19. The first-order valence-corrected chi connectivity index (χ1v) is 10.1. The average Bonchev–Trinajstić information content (AvgIpc) is 2.71. The van der Waals surface area contributed by atoms with Crippen LogP contribution in [0.5, 0.6) is 5.75 Å². The molecule has 3 rings (SSSR count). The molecule has 2 aromatic carbocycles. The van der Waals surface area contributed by atoms with Crippen molar-refractivity contribution in [1.29, 1.82) is 0 Å². The first kappa shape index (κ1) is 20.8. The Hall–Kier alpha value is -1.92. The molecule has 5 heteroatoms. The van der Waals surface area contributed by atoms with E-state index < -0.39 is 6.10 Å². The van der Waals surface area contributed by atoms with E-state index in [1.807, 2.05) is 25.2 Å². The highest BCUT2D eigenvalue weighted by molar-refractivity contribution is 5.29. The number of aliphatic hydroxyl groups is 2. The molecule has 2 aromatic rings. The Bertz CT molecular complexity index is 737. The number of benzene rings is 2. The molecule has 2 N–H and O–H groups in total. The maximum atomic E-state index is 10.4. The van der Waals surface area contributed by atoms with Gasteiger partial charge in [0.05, 0.1) is 0 Å². The summed E-state index contributed by atoms with van der Waals surface area (Å²) >= 11 is 0. The van der Waals surface area contributed by atoms with Gasteiger partial charge in [-0.1, -0.05) is 36.4 Å². The summed E-state index contributed by atoms with van der Waals surface area (Å²) in [4.78, 5) is 4.47. The van der Waals surface area contributed by atoms with Crippen LogP contribution in [0.15, 0.2) is 48.5 Å². The van der Waals surface area contributed by atoms with Crippen molar-refractivity contribution in [2.75, 3.05) is 39.9 Å². The minimum absolute atomic E-state index is 0.216. The van der Waals surface area contributed by atoms with Gasteiger partial charge in [0.1, 0.15) is 18.5 Å². The van der Waals surface area contributed by atoms with Crippen LogP contribution in [0.3, 0.4) is 0 Å². The number of nitrogens with zero attached hydrogens (tertiary/aromatic N) is 2. The van der Waals surface area contributed by atoms with Crippen molar-refractivity contribution in [2.45, 2.75) is 32.0 Å². The highest BCUT2D eigenvalue weighted by atomic mass is 16.5. The molecule has 0 saturated carbocycles. The van der Waals surface area contributed by atoms with Crippen LogP contribution in [0.4, 0.5) is 0 Å². The minimum atomic E-state index is -0.513. The van der Waals surface area contributed by atoms with E-state index >= 15 is 0 Å². The molecule has 0 amide bonds. The van der Waals surface area contributed by atoms with Crippen LogP contribution >= 0.6 is 0 Å². The normalized spacial score (nSPS) is 15.4. The van der Waals surface area contributed by atoms with Gasteiger partial charge < -0.3 is 19.8 Å². The highest BCUT2D eigenvalue weighted by Gasteiger charge is 2.18. The van der Waals surface area contributed by atoms with Gasteiger partial charge in [-0.2, -0.15) is 0 Å². The van der Waals surface area contributed by atoms with Crippen LogP contribution in [0, 0.1) is 0 Å². The largest absolute Gasteiger partial charge is 0.491 e. The second-order valence-electron chi connectivity index (χ2n) is 7.68. The van der Waals surface area contributed by atoms with Crippen molar-refractivity contribution in [1.82, 2.24) is 9.80 Å². The van der Waals surface area contributed by atoms with E-state index in [-0.39, 0.29) is 6.61 Å². The van der Waals surface area contributed by atoms with Gasteiger partial charge in [0.2, 0.25) is 0 Å². The molecule has 0 unspecified atom stereocenters. The summed E-state index contributed by atoms with van der Waals surface area (Å²) in [6, 6.07) is 16.6. The zero-order valence-electron chi connectivity index (χ0n) is 16.8. The minimum Gasteiger partial charge on any atom is -0.491 e. The molecule has 0 fully saturated rings. The average molecular weight is 385 g/mol. The van der Waals surface area contributed by atoms with E-state index in [0.29, 0.717) is 13.2 Å². The Morgan fingerprint density at radius 3 is 2.79 bits per heavy atom. The fraction of sp³-hybridized carbons (Fsp3) is 0.478. The predicted molar refractivity (Wildman–Crippen MR) is 111 cm³/mol. The molecular formula is C23H32N2O3. The fourth-order valence-electron chi connectivity index (χ4n) is 3.72. The topological polar surface area (TPSA) is 56.2 Å². The molecule has 1 heterocycles. The fourth-order valence-corrected chi connectivity index (χ4v) is 3.72. The third-order valence-corrected chi connectivity index (χ3v) is 5.17. The van der Waals surface area contributed by atoms with Crippen LogP contribution < -0.4 is 4.74 Å². The smallest absolute Gasteiger partial charge is 0.119 e. The van der Waals surface area contributed by atoms with Crippen molar-refractivity contribution < 1.29 is 14.9 Å². The van der Waals surface area contributed by atoms with Crippen molar-refractivity contribution in [3.8, 4) is 5.75 Å². The third kappa shape index (κ3) is 6.31. The molecule has 0 radical (unpaired) electrons. The van der Waals surface area contributed by atoms with Gasteiger partial charge in [0, 0.05) is 39.3 Å². The van der Waals surface area contributed by atoms with Crippen LogP contribution in [0.2, 0.25) is 0 Å². The number of β-amino-alcohol motifs (C(OH)–C–C–N with tert-alkyl or cyclic N) is 1. The standard InChI is InChI=1S/C23H32N2O3/c1-24(11-5-13-26)15-19-6-4-9-23(14-19)28-18-22(27)17-25-12-10-20-7-2-3-8-21(20)16-25/h2-4,6-9,14,22,26-27H,5,10-13,15-18H2,1H3/t22-/m0/s1. The molecule has 152 valence electrons. The Kier molecular flexibility index (Phi) is 7.86. The molecule has 0 saturated heterocycles. The summed E-state index contributed by atoms with van der Waals surface area (Å²) in [6.07, 6.45) is 1.30. The van der Waals surface area contributed by atoms with Gasteiger partial charge in [0.25, 0.3) is 0 Å². The van der Waals surface area contributed by atoms with Gasteiger partial charge in [-0.05, 0) is 48.7 Å². The van der Waals surface area contributed by atoms with Gasteiger partial charge in [-0.25, -0.2) is 0 Å². The molecule has 1 aliphatic heterocycles. The second-order valence-corrected chi connectivity index (χ2v) is 7.68. The molecule has 0 aliphatic carbocycles. The maximum absolute atomic E-state index is 10.4. The van der Waals surface area contributed by atoms with E-state index in [1.54, 1.807) is 0 Å². The molecule has 1 aliphatic rings. The van der Waals surface area contributed by atoms with Gasteiger partial charge in [0.15, 0.2) is 0 Å². The first-order chi connectivity index (χ1) is 13.6. The number of hydrogen-bond donors (Lipinski definition) is 2. The molecule has 0 bridgehead atoms. The Balaban J connectivity index is 1.44. The van der Waals surface area contributed by atoms with Crippen LogP contribution in [-0.4, -0.2) is 66.0 Å². The zero-order chi connectivity index (χ0) is 19.8. The van der Waals surface area contributed by atoms with Crippen LogP contribution in [-0.2, 0) is 19.5 Å². The lowest BCUT2D eigenvalue weighted by Crippen LogP contribution is -2.38. The van der Waals surface area contributed by atoms with E-state index in [1.165, 1.54) is 16.7 Å². The summed E-state index contributed by atoms with van der Waals surface area (Å²) in [5.41, 5.74) is 3.95. The lowest BCUT2D eigenvalue weighted by molar-refractivity contribution is 0.0637. The van der Waals surface area contributed by atoms with E-state index in [2.05, 4.69) is 40.1 Å². The summed E-state index contributed by atoms with van der Waals surface area (Å²) in [5, 5.41) is 19.4. The van der Waals surface area contributed by atoms with Crippen LogP contribution in [0.25, 0.3) is 0 Å². The molecular weight excluding hydrogens is 352 g/mol. The Labute approximate surface area is 168 Å². The zero-order valence-corrected chi connectivity index (χ0v) is 16.8. The molecule has 0 aromatic heterocycles. The Morgan fingerprint density at radius 1 is 1.14 bits per heavy atom. The third-order valence-electron chi connectivity index (χ3n) is 5.17. The molecule has 28 heavy (non-hydrogen) atoms. The lowest BCUT2D eigenvalue weighted by Gasteiger charge is -2.30. The Morgan fingerprint density at radius 2 is 1.96 bits per heavy atom. The summed E-state index contributed by atoms with van der Waals surface area (Å²) in [7, 11) is 2.05. The van der Waals surface area contributed by atoms with Crippen LogP contribution in [0.1, 0.15) is 23.1 Å². The van der Waals surface area contributed by atoms with E-state index in [4.69, 9.17) is 9.84 Å². The maximum Gasteiger partial charge on any atom is 0.119 e. The number of aliphatic hydroxyl groups excluding tert-OH is 2. The SMILES string of the molecule is CN(CCCO)Cc1cccc(OC[C@@H](O)CN2CCc3ccccc3C2)c1. The summed E-state index contributed by atoms with van der Waals surface area (Å²) < 4.78 is 5.85. The van der Waals surface area contributed by atoms with Crippen molar-refractivity contribution in [3.63, 3.8) is 0 Å². The predicted octanol–water partition coefficient (Wildman–Crippen LogP) is 2.30. The molecule has 1 atom stereocenters. The second kappa shape index (κ2) is 10.6. The number of hydrogen-bond acceptors (Lipinski definition) is 5. The molecule has 5 nitrogen and oxygen atoms in total. The van der Waals surface area contributed by atoms with Gasteiger partial charge >= 0.3 is 0 Å². The van der Waals surface area contributed by atoms with Gasteiger partial charge in [-0.15, -0.1) is 0 Å². The van der Waals surface area contributed by atoms with E-state index in [0.717, 1.165) is 44.8 Å². The number of ether oxygens (including phenoxy) is 1. The molecule has 0 spiro atoms. The van der Waals surface area contributed by atoms with Crippen molar-refractivity contribution in [2.24, 2.45) is 0 Å². The first-order valence-electron chi connectivity index (χ1n) is 10.1. The van der Waals surface area contributed by atoms with Crippen molar-refractivity contribution in [3.05, 3.63) is 65.2 Å². The van der Waals surface area contributed by atoms with E-state index in [9.17, 15) is 5.11 Å². The quantitative estimate of drug-likeness (QED) is 0.658.